The van der Waals surface area contributed by atoms with Crippen molar-refractivity contribution in [2.45, 2.75) is 59.1 Å². The molecule has 2 rings (SSSR count). The van der Waals surface area contributed by atoms with E-state index in [-0.39, 0.29) is 24.0 Å². The molecule has 30 heavy (non-hydrogen) atoms. The van der Waals surface area contributed by atoms with Gasteiger partial charge in [-0.15, -0.1) is 0 Å². The van der Waals surface area contributed by atoms with Gasteiger partial charge in [0.05, 0.1) is 0 Å². The van der Waals surface area contributed by atoms with E-state index in [1.807, 2.05) is 39.5 Å². The third-order valence-corrected chi connectivity index (χ3v) is 4.91. The highest BCUT2D eigenvalue weighted by Gasteiger charge is 2.30. The van der Waals surface area contributed by atoms with E-state index in [0.29, 0.717) is 30.9 Å². The van der Waals surface area contributed by atoms with E-state index in [0.717, 1.165) is 12.8 Å². The van der Waals surface area contributed by atoms with E-state index in [4.69, 9.17) is 10.5 Å². The smallest absolute Gasteiger partial charge is 0.410 e. The number of carbonyl (C=O) groups is 3. The molecular formula is C22H34N4O4. The van der Waals surface area contributed by atoms with Crippen LogP contribution in [0.2, 0.25) is 0 Å². The molecule has 0 bridgehead atoms. The molecule has 1 unspecified atom stereocenters. The lowest BCUT2D eigenvalue weighted by Gasteiger charge is -2.37. The van der Waals surface area contributed by atoms with E-state index in [2.05, 4.69) is 5.32 Å². The minimum atomic E-state index is -0.646. The number of urea groups is 1. The van der Waals surface area contributed by atoms with E-state index in [1.165, 1.54) is 0 Å². The summed E-state index contributed by atoms with van der Waals surface area (Å²) in [4.78, 5) is 40.0. The largest absolute Gasteiger partial charge is 0.444 e. The molecule has 166 valence electrons. The molecule has 0 saturated carbocycles. The molecule has 1 aliphatic rings. The van der Waals surface area contributed by atoms with Gasteiger partial charge in [-0.05, 0) is 77.6 Å². The Morgan fingerprint density at radius 1 is 1.23 bits per heavy atom. The van der Waals surface area contributed by atoms with Crippen molar-refractivity contribution in [3.8, 4) is 0 Å². The summed E-state index contributed by atoms with van der Waals surface area (Å²) >= 11 is 0. The van der Waals surface area contributed by atoms with E-state index < -0.39 is 11.6 Å². The lowest BCUT2D eigenvalue weighted by Crippen LogP contribution is -2.48. The highest BCUT2D eigenvalue weighted by Crippen LogP contribution is 2.22. The van der Waals surface area contributed by atoms with Crippen molar-refractivity contribution in [2.75, 3.05) is 25.0 Å². The summed E-state index contributed by atoms with van der Waals surface area (Å²) in [6, 6.07) is 6.03. The summed E-state index contributed by atoms with van der Waals surface area (Å²) in [5, 5.41) is 2.48. The van der Waals surface area contributed by atoms with E-state index in [9.17, 15) is 14.4 Å². The van der Waals surface area contributed by atoms with Gasteiger partial charge >= 0.3 is 12.1 Å². The van der Waals surface area contributed by atoms with E-state index >= 15 is 0 Å². The Hall–Kier alpha value is -2.77. The molecular weight excluding hydrogens is 384 g/mol. The Morgan fingerprint density at radius 3 is 2.40 bits per heavy atom. The van der Waals surface area contributed by atoms with Crippen molar-refractivity contribution in [1.82, 2.24) is 9.80 Å². The number of amides is 4. The second-order valence-corrected chi connectivity index (χ2v) is 9.05. The van der Waals surface area contributed by atoms with Crippen LogP contribution in [0.3, 0.4) is 0 Å². The van der Waals surface area contributed by atoms with Crippen LogP contribution in [-0.4, -0.2) is 59.1 Å². The standard InChI is InChI=1S/C22H34N4O4/c1-15(2)26(21(29)30-22(3,4)5)14-16-7-6-12-25(13-16)19(27)17-8-10-18(11-9-17)24-20(23)28/h8-11,15-16H,6-7,12-14H2,1-5H3,(H3,23,24,28). The quantitative estimate of drug-likeness (QED) is 0.761. The Bertz CT molecular complexity index is 755. The van der Waals surface area contributed by atoms with Crippen molar-refractivity contribution in [3.63, 3.8) is 0 Å². The normalized spacial score (nSPS) is 16.9. The number of hydrogen-bond acceptors (Lipinski definition) is 4. The number of hydrogen-bond donors (Lipinski definition) is 2. The maximum Gasteiger partial charge on any atom is 0.410 e. The van der Waals surface area contributed by atoms with Crippen molar-refractivity contribution in [1.29, 1.82) is 0 Å². The van der Waals surface area contributed by atoms with Gasteiger partial charge in [0.25, 0.3) is 5.91 Å². The Morgan fingerprint density at radius 2 is 1.87 bits per heavy atom. The molecule has 1 fully saturated rings. The van der Waals surface area contributed by atoms with Crippen LogP contribution in [0, 0.1) is 5.92 Å². The van der Waals surface area contributed by atoms with Gasteiger partial charge in [0.1, 0.15) is 5.60 Å². The Labute approximate surface area is 178 Å². The number of rotatable bonds is 5. The number of nitrogens with one attached hydrogen (secondary N) is 1. The van der Waals surface area contributed by atoms with Gasteiger partial charge in [0, 0.05) is 36.9 Å². The van der Waals surface area contributed by atoms with Crippen molar-refractivity contribution < 1.29 is 19.1 Å². The molecule has 4 amide bonds. The number of anilines is 1. The van der Waals surface area contributed by atoms with Crippen molar-refractivity contribution in [3.05, 3.63) is 29.8 Å². The summed E-state index contributed by atoms with van der Waals surface area (Å²) in [7, 11) is 0. The SMILES string of the molecule is CC(C)N(CC1CCCN(C(=O)c2ccc(NC(N)=O)cc2)C1)C(=O)OC(C)(C)C. The zero-order valence-electron chi connectivity index (χ0n) is 18.6. The molecule has 8 heteroatoms. The van der Waals surface area contributed by atoms with Crippen LogP contribution in [0.5, 0.6) is 0 Å². The number of primary amides is 1. The molecule has 1 aromatic carbocycles. The van der Waals surface area contributed by atoms with Gasteiger partial charge in [-0.2, -0.15) is 0 Å². The number of carbonyl (C=O) groups excluding carboxylic acids is 3. The summed E-state index contributed by atoms with van der Waals surface area (Å²) in [6.07, 6.45) is 1.52. The minimum absolute atomic E-state index is 0.0104. The highest BCUT2D eigenvalue weighted by molar-refractivity contribution is 5.95. The average molecular weight is 419 g/mol. The fourth-order valence-corrected chi connectivity index (χ4v) is 3.51. The molecule has 3 N–H and O–H groups in total. The number of likely N-dealkylation sites (tertiary alicyclic amines) is 1. The molecule has 1 heterocycles. The van der Waals surface area contributed by atoms with Crippen LogP contribution >= 0.6 is 0 Å². The molecule has 1 aliphatic heterocycles. The lowest BCUT2D eigenvalue weighted by atomic mass is 9.96. The van der Waals surface area contributed by atoms with Crippen LogP contribution < -0.4 is 11.1 Å². The van der Waals surface area contributed by atoms with Crippen LogP contribution in [0.1, 0.15) is 57.8 Å². The first kappa shape index (κ1) is 23.5. The number of benzene rings is 1. The third kappa shape index (κ3) is 6.93. The Balaban J connectivity index is 2.02. The van der Waals surface area contributed by atoms with Crippen LogP contribution in [0.4, 0.5) is 15.3 Å². The molecule has 1 aromatic rings. The zero-order valence-corrected chi connectivity index (χ0v) is 18.6. The van der Waals surface area contributed by atoms with Gasteiger partial charge in [-0.3, -0.25) is 4.79 Å². The minimum Gasteiger partial charge on any atom is -0.444 e. The van der Waals surface area contributed by atoms with Gasteiger partial charge in [-0.25, -0.2) is 9.59 Å². The van der Waals surface area contributed by atoms with Crippen molar-refractivity contribution in [2.24, 2.45) is 11.7 Å². The highest BCUT2D eigenvalue weighted by atomic mass is 16.6. The number of ether oxygens (including phenoxy) is 1. The molecule has 0 aromatic heterocycles. The monoisotopic (exact) mass is 418 g/mol. The van der Waals surface area contributed by atoms with E-state index in [1.54, 1.807) is 29.2 Å². The molecule has 0 spiro atoms. The van der Waals surface area contributed by atoms with Gasteiger partial charge in [-0.1, -0.05) is 0 Å². The maximum absolute atomic E-state index is 12.9. The first-order valence-corrected chi connectivity index (χ1v) is 10.4. The fraction of sp³-hybridized carbons (Fsp3) is 0.591. The average Bonchev–Trinajstić information content (AvgIpc) is 2.64. The van der Waals surface area contributed by atoms with Gasteiger partial charge in [0.15, 0.2) is 0 Å². The number of nitrogens with zero attached hydrogens (tertiary/aromatic N) is 2. The summed E-state index contributed by atoms with van der Waals surface area (Å²) < 4.78 is 5.55. The number of piperidine rings is 1. The van der Waals surface area contributed by atoms with Crippen LogP contribution in [0.15, 0.2) is 24.3 Å². The predicted molar refractivity (Wildman–Crippen MR) is 116 cm³/mol. The van der Waals surface area contributed by atoms with Crippen molar-refractivity contribution >= 4 is 23.7 Å². The summed E-state index contributed by atoms with van der Waals surface area (Å²) in [5.74, 6) is 0.132. The molecule has 0 aliphatic carbocycles. The molecule has 8 nitrogen and oxygen atoms in total. The zero-order chi connectivity index (χ0) is 22.5. The fourth-order valence-electron chi connectivity index (χ4n) is 3.51. The maximum atomic E-state index is 12.9. The molecule has 1 atom stereocenters. The second kappa shape index (κ2) is 9.82. The molecule has 1 saturated heterocycles. The third-order valence-electron chi connectivity index (χ3n) is 4.91. The Kier molecular flexibility index (Phi) is 7.70. The second-order valence-electron chi connectivity index (χ2n) is 9.05. The van der Waals surface area contributed by atoms with Gasteiger partial charge < -0.3 is 25.6 Å². The van der Waals surface area contributed by atoms with Gasteiger partial charge in [0.2, 0.25) is 0 Å². The topological polar surface area (TPSA) is 105 Å². The summed E-state index contributed by atoms with van der Waals surface area (Å²) in [6.45, 7) is 11.3. The van der Waals surface area contributed by atoms with Crippen LogP contribution in [-0.2, 0) is 4.74 Å². The first-order valence-electron chi connectivity index (χ1n) is 10.4. The van der Waals surface area contributed by atoms with Crippen LogP contribution in [0.25, 0.3) is 0 Å². The lowest BCUT2D eigenvalue weighted by molar-refractivity contribution is 0.0124. The summed E-state index contributed by atoms with van der Waals surface area (Å²) in [5.41, 5.74) is 5.66. The first-order chi connectivity index (χ1) is 14.0. The number of nitrogens with two attached hydrogens (primary N) is 1. The molecule has 0 radical (unpaired) electrons. The predicted octanol–water partition coefficient (Wildman–Crippen LogP) is 3.67.